The third-order valence-electron chi connectivity index (χ3n) is 4.16. The molecule has 1 fully saturated rings. The van der Waals surface area contributed by atoms with Gasteiger partial charge >= 0.3 is 0 Å². The van der Waals surface area contributed by atoms with E-state index in [1.165, 1.54) is 48.8 Å². The second-order valence-electron chi connectivity index (χ2n) is 5.51. The molecule has 0 spiro atoms. The Morgan fingerprint density at radius 2 is 1.53 bits per heavy atom. The van der Waals surface area contributed by atoms with Gasteiger partial charge in [-0.2, -0.15) is 0 Å². The van der Waals surface area contributed by atoms with Gasteiger partial charge in [0.25, 0.3) is 0 Å². The molecule has 0 atom stereocenters. The van der Waals surface area contributed by atoms with Gasteiger partial charge in [0, 0.05) is 0 Å². The van der Waals surface area contributed by atoms with Crippen molar-refractivity contribution in [3.63, 3.8) is 0 Å². The fraction of sp³-hybridized carbons (Fsp3) is 0.333. The topological polar surface area (TPSA) is 20.2 Å². The van der Waals surface area contributed by atoms with Crippen molar-refractivity contribution in [1.82, 2.24) is 0 Å². The lowest BCUT2D eigenvalue weighted by molar-refractivity contribution is 0.444. The normalized spacial score (nSPS) is 16.4. The molecule has 0 bridgehead atoms. The van der Waals surface area contributed by atoms with Crippen LogP contribution in [0, 0.1) is 0 Å². The van der Waals surface area contributed by atoms with E-state index in [-0.39, 0.29) is 0 Å². The number of aromatic hydroxyl groups is 1. The quantitative estimate of drug-likeness (QED) is 0.787. The zero-order chi connectivity index (χ0) is 13.1. The van der Waals surface area contributed by atoms with E-state index in [0.717, 1.165) is 5.92 Å². The number of phenols is 1. The molecule has 1 heteroatoms. The van der Waals surface area contributed by atoms with Gasteiger partial charge in [0.1, 0.15) is 5.75 Å². The molecule has 1 N–H and O–H groups in total. The van der Waals surface area contributed by atoms with Crippen molar-refractivity contribution < 1.29 is 5.11 Å². The van der Waals surface area contributed by atoms with Crippen LogP contribution in [0.15, 0.2) is 48.5 Å². The van der Waals surface area contributed by atoms with Gasteiger partial charge in [-0.25, -0.2) is 0 Å². The standard InChI is InChI=1S/C18H20O/c19-18-11-9-15(10-12-18)17-8-4-7-16(13-17)14-5-2-1-3-6-14/h4,7-14,19H,1-3,5-6H2. The van der Waals surface area contributed by atoms with E-state index in [0.29, 0.717) is 5.75 Å². The highest BCUT2D eigenvalue weighted by molar-refractivity contribution is 5.65. The van der Waals surface area contributed by atoms with E-state index in [1.54, 1.807) is 12.1 Å². The maximum Gasteiger partial charge on any atom is 0.115 e. The fourth-order valence-electron chi connectivity index (χ4n) is 3.06. The van der Waals surface area contributed by atoms with Crippen molar-refractivity contribution >= 4 is 0 Å². The Bertz CT molecular complexity index is 536. The number of hydrogen-bond donors (Lipinski definition) is 1. The van der Waals surface area contributed by atoms with E-state index in [4.69, 9.17) is 0 Å². The average molecular weight is 252 g/mol. The van der Waals surface area contributed by atoms with Gasteiger partial charge in [-0.15, -0.1) is 0 Å². The van der Waals surface area contributed by atoms with Crippen molar-refractivity contribution in [1.29, 1.82) is 0 Å². The predicted molar refractivity (Wildman–Crippen MR) is 79.4 cm³/mol. The molecule has 2 aromatic carbocycles. The van der Waals surface area contributed by atoms with Crippen LogP contribution in [0.3, 0.4) is 0 Å². The number of hydrogen-bond acceptors (Lipinski definition) is 1. The smallest absolute Gasteiger partial charge is 0.115 e. The van der Waals surface area contributed by atoms with Gasteiger partial charge < -0.3 is 5.11 Å². The van der Waals surface area contributed by atoms with Gasteiger partial charge in [0.2, 0.25) is 0 Å². The summed E-state index contributed by atoms with van der Waals surface area (Å²) in [5.41, 5.74) is 3.91. The highest BCUT2D eigenvalue weighted by Crippen LogP contribution is 2.34. The SMILES string of the molecule is Oc1ccc(-c2cccc(C3CCCCC3)c2)cc1. The molecule has 0 heterocycles. The first-order chi connectivity index (χ1) is 9.33. The van der Waals surface area contributed by atoms with Crippen LogP contribution >= 0.6 is 0 Å². The zero-order valence-corrected chi connectivity index (χ0v) is 11.2. The molecule has 19 heavy (non-hydrogen) atoms. The lowest BCUT2D eigenvalue weighted by Crippen LogP contribution is -2.04. The highest BCUT2D eigenvalue weighted by Gasteiger charge is 2.15. The Morgan fingerprint density at radius 1 is 0.789 bits per heavy atom. The molecule has 0 amide bonds. The van der Waals surface area contributed by atoms with Gasteiger partial charge in [0.05, 0.1) is 0 Å². The average Bonchev–Trinajstić information content (AvgIpc) is 2.49. The molecule has 0 aliphatic heterocycles. The van der Waals surface area contributed by atoms with Crippen LogP contribution in [0.1, 0.15) is 43.6 Å². The number of benzene rings is 2. The van der Waals surface area contributed by atoms with Crippen molar-refractivity contribution in [3.8, 4) is 16.9 Å². The Kier molecular flexibility index (Phi) is 3.54. The summed E-state index contributed by atoms with van der Waals surface area (Å²) in [5, 5.41) is 9.36. The Labute approximate surface area is 114 Å². The molecule has 0 aromatic heterocycles. The van der Waals surface area contributed by atoms with E-state index >= 15 is 0 Å². The van der Waals surface area contributed by atoms with E-state index in [1.807, 2.05) is 12.1 Å². The van der Waals surface area contributed by atoms with Crippen LogP contribution in [0.25, 0.3) is 11.1 Å². The number of phenolic OH excluding ortho intramolecular Hbond substituents is 1. The second-order valence-corrected chi connectivity index (χ2v) is 5.51. The van der Waals surface area contributed by atoms with Gasteiger partial charge in [0.15, 0.2) is 0 Å². The Hall–Kier alpha value is -1.76. The molecule has 1 aliphatic carbocycles. The van der Waals surface area contributed by atoms with Crippen LogP contribution in [-0.4, -0.2) is 5.11 Å². The lowest BCUT2D eigenvalue weighted by Gasteiger charge is -2.22. The summed E-state index contributed by atoms with van der Waals surface area (Å²) in [4.78, 5) is 0. The third-order valence-corrected chi connectivity index (χ3v) is 4.16. The summed E-state index contributed by atoms with van der Waals surface area (Å²) in [6, 6.07) is 16.4. The van der Waals surface area contributed by atoms with E-state index in [9.17, 15) is 5.11 Å². The van der Waals surface area contributed by atoms with Crippen LogP contribution in [0.4, 0.5) is 0 Å². The first-order valence-corrected chi connectivity index (χ1v) is 7.22. The molecule has 1 aliphatic rings. The highest BCUT2D eigenvalue weighted by atomic mass is 16.3. The Morgan fingerprint density at radius 3 is 2.26 bits per heavy atom. The largest absolute Gasteiger partial charge is 0.508 e. The van der Waals surface area contributed by atoms with Crippen LogP contribution in [0.2, 0.25) is 0 Å². The predicted octanol–water partition coefficient (Wildman–Crippen LogP) is 5.11. The minimum absolute atomic E-state index is 0.326. The zero-order valence-electron chi connectivity index (χ0n) is 11.2. The van der Waals surface area contributed by atoms with E-state index in [2.05, 4.69) is 24.3 Å². The molecule has 1 saturated carbocycles. The number of rotatable bonds is 2. The van der Waals surface area contributed by atoms with Crippen molar-refractivity contribution in [2.45, 2.75) is 38.0 Å². The van der Waals surface area contributed by atoms with Crippen LogP contribution < -0.4 is 0 Å². The molecule has 3 rings (SSSR count). The molecular formula is C18H20O. The Balaban J connectivity index is 1.88. The fourth-order valence-corrected chi connectivity index (χ4v) is 3.06. The maximum atomic E-state index is 9.36. The third kappa shape index (κ3) is 2.81. The van der Waals surface area contributed by atoms with Crippen molar-refractivity contribution in [2.24, 2.45) is 0 Å². The molecule has 0 unspecified atom stereocenters. The molecule has 98 valence electrons. The minimum Gasteiger partial charge on any atom is -0.508 e. The summed E-state index contributed by atoms with van der Waals surface area (Å²) < 4.78 is 0. The van der Waals surface area contributed by atoms with E-state index < -0.39 is 0 Å². The summed E-state index contributed by atoms with van der Waals surface area (Å²) in [6.07, 6.45) is 6.80. The molecule has 0 saturated heterocycles. The summed E-state index contributed by atoms with van der Waals surface area (Å²) >= 11 is 0. The van der Waals surface area contributed by atoms with Crippen LogP contribution in [-0.2, 0) is 0 Å². The first-order valence-electron chi connectivity index (χ1n) is 7.22. The summed E-state index contributed by atoms with van der Waals surface area (Å²) in [5.74, 6) is 1.07. The minimum atomic E-state index is 0.326. The lowest BCUT2D eigenvalue weighted by atomic mass is 9.83. The van der Waals surface area contributed by atoms with Gasteiger partial charge in [-0.1, -0.05) is 55.7 Å². The van der Waals surface area contributed by atoms with Crippen molar-refractivity contribution in [2.75, 3.05) is 0 Å². The first kappa shape index (κ1) is 12.3. The van der Waals surface area contributed by atoms with Crippen LogP contribution in [0.5, 0.6) is 5.75 Å². The van der Waals surface area contributed by atoms with Gasteiger partial charge in [-0.05, 0) is 47.6 Å². The van der Waals surface area contributed by atoms with Crippen molar-refractivity contribution in [3.05, 3.63) is 54.1 Å². The second kappa shape index (κ2) is 5.48. The molecule has 0 radical (unpaired) electrons. The summed E-state index contributed by atoms with van der Waals surface area (Å²) in [6.45, 7) is 0. The molecule has 1 nitrogen and oxygen atoms in total. The maximum absolute atomic E-state index is 9.36. The molecular weight excluding hydrogens is 232 g/mol. The van der Waals surface area contributed by atoms with Gasteiger partial charge in [-0.3, -0.25) is 0 Å². The monoisotopic (exact) mass is 252 g/mol. The molecule has 2 aromatic rings. The summed E-state index contributed by atoms with van der Waals surface area (Å²) in [7, 11) is 0.